The normalized spacial score (nSPS) is 12.8. The number of benzene rings is 2. The highest BCUT2D eigenvalue weighted by Gasteiger charge is 2.33. The molecule has 0 atom stereocenters. The first-order valence-electron chi connectivity index (χ1n) is 5.53. The van der Waals surface area contributed by atoms with Gasteiger partial charge in [-0.2, -0.15) is 0 Å². The van der Waals surface area contributed by atoms with Crippen molar-refractivity contribution in [2.75, 3.05) is 0 Å². The highest BCUT2D eigenvalue weighted by atomic mass is 16.3. The Labute approximate surface area is 107 Å². The summed E-state index contributed by atoms with van der Waals surface area (Å²) < 4.78 is 0. The molecule has 19 heavy (non-hydrogen) atoms. The fraction of sp³-hybridized carbons (Fsp3) is 0. The first-order chi connectivity index (χ1) is 9.15. The second kappa shape index (κ2) is 3.84. The fourth-order valence-corrected chi connectivity index (χ4v) is 2.28. The van der Waals surface area contributed by atoms with Gasteiger partial charge in [-0.25, -0.2) is 0 Å². The van der Waals surface area contributed by atoms with Gasteiger partial charge in [-0.15, -0.1) is 4.91 Å². The van der Waals surface area contributed by atoms with E-state index in [2.05, 4.69) is 5.18 Å². The van der Waals surface area contributed by atoms with Gasteiger partial charge in [0.25, 0.3) is 0 Å². The molecule has 0 radical (unpaired) electrons. The molecule has 1 N–H and O–H groups in total. The van der Waals surface area contributed by atoms with Gasteiger partial charge in [0, 0.05) is 11.1 Å². The standard InChI is InChI=1S/C14H7NO4/c16-10-6-2-4-8-12(10)14(18)11-7(13(8)17)3-1-5-9(11)15-19/h1-6,16H. The third kappa shape index (κ3) is 1.41. The molecule has 5 heteroatoms. The minimum Gasteiger partial charge on any atom is -0.507 e. The van der Waals surface area contributed by atoms with Crippen molar-refractivity contribution in [3.05, 3.63) is 63.6 Å². The van der Waals surface area contributed by atoms with Crippen LogP contribution in [0.4, 0.5) is 5.69 Å². The van der Waals surface area contributed by atoms with Gasteiger partial charge in [0.15, 0.2) is 5.78 Å². The monoisotopic (exact) mass is 253 g/mol. The van der Waals surface area contributed by atoms with Crippen LogP contribution in [0.3, 0.4) is 0 Å². The summed E-state index contributed by atoms with van der Waals surface area (Å²) in [6.07, 6.45) is 0. The maximum absolute atomic E-state index is 12.3. The van der Waals surface area contributed by atoms with Crippen molar-refractivity contribution < 1.29 is 14.7 Å². The van der Waals surface area contributed by atoms with Crippen LogP contribution in [0.2, 0.25) is 0 Å². The van der Waals surface area contributed by atoms with Crippen molar-refractivity contribution in [3.63, 3.8) is 0 Å². The number of rotatable bonds is 1. The first kappa shape index (κ1) is 11.3. The summed E-state index contributed by atoms with van der Waals surface area (Å²) in [7, 11) is 0. The zero-order valence-electron chi connectivity index (χ0n) is 9.58. The van der Waals surface area contributed by atoms with Gasteiger partial charge < -0.3 is 5.11 Å². The maximum atomic E-state index is 12.3. The average Bonchev–Trinajstić information content (AvgIpc) is 2.43. The molecule has 2 aromatic carbocycles. The predicted molar refractivity (Wildman–Crippen MR) is 66.9 cm³/mol. The summed E-state index contributed by atoms with van der Waals surface area (Å²) >= 11 is 0. The molecule has 0 saturated heterocycles. The van der Waals surface area contributed by atoms with E-state index in [-0.39, 0.29) is 33.7 Å². The molecule has 3 rings (SSSR count). The van der Waals surface area contributed by atoms with Crippen LogP contribution in [0.5, 0.6) is 5.75 Å². The van der Waals surface area contributed by atoms with Gasteiger partial charge >= 0.3 is 0 Å². The van der Waals surface area contributed by atoms with Crippen LogP contribution in [-0.4, -0.2) is 16.7 Å². The largest absolute Gasteiger partial charge is 0.507 e. The second-order valence-electron chi connectivity index (χ2n) is 4.15. The zero-order chi connectivity index (χ0) is 13.6. The summed E-state index contributed by atoms with van der Waals surface area (Å²) in [6, 6.07) is 8.62. The molecule has 0 spiro atoms. The average molecular weight is 253 g/mol. The minimum atomic E-state index is -0.557. The van der Waals surface area contributed by atoms with Crippen LogP contribution < -0.4 is 0 Å². The molecule has 0 bridgehead atoms. The second-order valence-corrected chi connectivity index (χ2v) is 4.15. The van der Waals surface area contributed by atoms with E-state index in [1.165, 1.54) is 36.4 Å². The number of carbonyl (C=O) groups excluding carboxylic acids is 2. The van der Waals surface area contributed by atoms with Crippen molar-refractivity contribution >= 4 is 17.3 Å². The number of fused-ring (bicyclic) bond motifs is 2. The Kier molecular flexibility index (Phi) is 2.28. The molecule has 0 aliphatic heterocycles. The van der Waals surface area contributed by atoms with Crippen LogP contribution >= 0.6 is 0 Å². The van der Waals surface area contributed by atoms with Gasteiger partial charge in [-0.1, -0.05) is 24.3 Å². The number of hydrogen-bond donors (Lipinski definition) is 1. The first-order valence-corrected chi connectivity index (χ1v) is 5.53. The Morgan fingerprint density at radius 2 is 1.47 bits per heavy atom. The summed E-state index contributed by atoms with van der Waals surface area (Å²) in [5, 5.41) is 12.5. The molecule has 0 saturated carbocycles. The van der Waals surface area contributed by atoms with E-state index in [4.69, 9.17) is 0 Å². The van der Waals surface area contributed by atoms with Crippen LogP contribution in [-0.2, 0) is 0 Å². The quantitative estimate of drug-likeness (QED) is 0.675. The van der Waals surface area contributed by atoms with E-state index in [1.54, 1.807) is 0 Å². The summed E-state index contributed by atoms with van der Waals surface area (Å²) in [5.41, 5.74) is 0.0677. The summed E-state index contributed by atoms with van der Waals surface area (Å²) in [6.45, 7) is 0. The SMILES string of the molecule is O=Nc1cccc2c1C(=O)c1c(O)cccc1C2=O. The lowest BCUT2D eigenvalue weighted by Gasteiger charge is -2.18. The lowest BCUT2D eigenvalue weighted by Crippen LogP contribution is -2.21. The van der Waals surface area contributed by atoms with Crippen LogP contribution in [0, 0.1) is 4.91 Å². The van der Waals surface area contributed by atoms with Gasteiger partial charge in [-0.3, -0.25) is 9.59 Å². The molecule has 2 aromatic rings. The molecule has 1 aliphatic rings. The topological polar surface area (TPSA) is 83.8 Å². The van der Waals surface area contributed by atoms with Crippen molar-refractivity contribution in [2.24, 2.45) is 5.18 Å². The zero-order valence-corrected chi connectivity index (χ0v) is 9.58. The van der Waals surface area contributed by atoms with E-state index >= 15 is 0 Å². The smallest absolute Gasteiger partial charge is 0.200 e. The number of ketones is 2. The predicted octanol–water partition coefficient (Wildman–Crippen LogP) is 2.57. The number of carbonyl (C=O) groups is 2. The fourth-order valence-electron chi connectivity index (χ4n) is 2.28. The number of nitrogens with zero attached hydrogens (tertiary/aromatic N) is 1. The number of phenols is 1. The Morgan fingerprint density at radius 1 is 0.842 bits per heavy atom. The third-order valence-corrected chi connectivity index (χ3v) is 3.13. The van der Waals surface area contributed by atoms with Crippen LogP contribution in [0.25, 0.3) is 0 Å². The van der Waals surface area contributed by atoms with E-state index in [1.807, 2.05) is 0 Å². The van der Waals surface area contributed by atoms with Crippen molar-refractivity contribution in [1.82, 2.24) is 0 Å². The Morgan fingerprint density at radius 3 is 2.16 bits per heavy atom. The molecule has 0 heterocycles. The molecule has 0 aromatic heterocycles. The lowest BCUT2D eigenvalue weighted by atomic mass is 9.83. The Balaban J connectivity index is 2.40. The molecule has 0 amide bonds. The van der Waals surface area contributed by atoms with E-state index in [0.29, 0.717) is 0 Å². The number of aromatic hydroxyl groups is 1. The van der Waals surface area contributed by atoms with Gasteiger partial charge in [0.2, 0.25) is 5.78 Å². The van der Waals surface area contributed by atoms with Gasteiger partial charge in [0.1, 0.15) is 11.4 Å². The number of nitroso groups, excluding NO2 is 1. The van der Waals surface area contributed by atoms with Crippen molar-refractivity contribution in [2.45, 2.75) is 0 Å². The van der Waals surface area contributed by atoms with E-state index in [0.717, 1.165) is 0 Å². The van der Waals surface area contributed by atoms with E-state index in [9.17, 15) is 19.6 Å². The molecule has 0 fully saturated rings. The molecule has 0 unspecified atom stereocenters. The van der Waals surface area contributed by atoms with Crippen molar-refractivity contribution in [1.29, 1.82) is 0 Å². The molecule has 92 valence electrons. The lowest BCUT2D eigenvalue weighted by molar-refractivity contribution is 0.0977. The van der Waals surface area contributed by atoms with Crippen LogP contribution in [0.1, 0.15) is 31.8 Å². The van der Waals surface area contributed by atoms with Gasteiger partial charge in [-0.05, 0) is 17.3 Å². The molecular formula is C14H7NO4. The highest BCUT2D eigenvalue weighted by Crippen LogP contribution is 2.36. The Bertz CT molecular complexity index is 749. The number of phenolic OH excluding ortho intramolecular Hbond substituents is 1. The van der Waals surface area contributed by atoms with Crippen molar-refractivity contribution in [3.8, 4) is 5.75 Å². The third-order valence-electron chi connectivity index (χ3n) is 3.13. The van der Waals surface area contributed by atoms with E-state index < -0.39 is 11.6 Å². The molecule has 1 aliphatic carbocycles. The Hall–Kier alpha value is -2.82. The summed E-state index contributed by atoms with van der Waals surface area (Å²) in [4.78, 5) is 35.4. The number of hydrogen-bond acceptors (Lipinski definition) is 5. The minimum absolute atomic E-state index is 0.0449. The van der Waals surface area contributed by atoms with Gasteiger partial charge in [0.05, 0.1) is 11.1 Å². The summed E-state index contributed by atoms with van der Waals surface area (Å²) in [5.74, 6) is -1.23. The molecule has 5 nitrogen and oxygen atoms in total. The highest BCUT2D eigenvalue weighted by molar-refractivity contribution is 6.30. The van der Waals surface area contributed by atoms with Crippen LogP contribution in [0.15, 0.2) is 41.6 Å². The molecular weight excluding hydrogens is 246 g/mol. The maximum Gasteiger partial charge on any atom is 0.200 e.